The first-order valence-electron chi connectivity index (χ1n) is 5.88. The summed E-state index contributed by atoms with van der Waals surface area (Å²) < 4.78 is 18.3. The lowest BCUT2D eigenvalue weighted by Crippen LogP contribution is -2.16. The topological polar surface area (TPSA) is 77.2 Å². The van der Waals surface area contributed by atoms with Crippen LogP contribution >= 0.6 is 0 Å². The lowest BCUT2D eigenvalue weighted by Gasteiger charge is -2.11. The molecule has 0 bridgehead atoms. The van der Waals surface area contributed by atoms with Gasteiger partial charge in [-0.1, -0.05) is 6.07 Å². The van der Waals surface area contributed by atoms with Gasteiger partial charge < -0.3 is 15.8 Å². The van der Waals surface area contributed by atoms with Gasteiger partial charge in [-0.05, 0) is 30.7 Å². The van der Waals surface area contributed by atoms with Crippen LogP contribution < -0.4 is 15.8 Å². The number of hydrogen-bond donors (Lipinski definition) is 2. The molecule has 0 atom stereocenters. The van der Waals surface area contributed by atoms with Crippen molar-refractivity contribution in [3.8, 4) is 5.75 Å². The lowest BCUT2D eigenvalue weighted by atomic mass is 10.2. The summed E-state index contributed by atoms with van der Waals surface area (Å²) in [6.45, 7) is 1.88. The van der Waals surface area contributed by atoms with Crippen LogP contribution in [0, 0.1) is 12.7 Å². The van der Waals surface area contributed by atoms with E-state index in [0.29, 0.717) is 11.4 Å². The minimum Gasteiger partial charge on any atom is -0.495 e. The Hall–Kier alpha value is -2.63. The summed E-state index contributed by atoms with van der Waals surface area (Å²) in [4.78, 5) is 15.7. The largest absolute Gasteiger partial charge is 0.495 e. The molecule has 2 rings (SSSR count). The first-order valence-corrected chi connectivity index (χ1v) is 5.88. The summed E-state index contributed by atoms with van der Waals surface area (Å²) in [6, 6.07) is 6.38. The van der Waals surface area contributed by atoms with Gasteiger partial charge in [0.25, 0.3) is 5.91 Å². The van der Waals surface area contributed by atoms with Crippen LogP contribution in [0.15, 0.2) is 30.5 Å². The smallest absolute Gasteiger partial charge is 0.259 e. The van der Waals surface area contributed by atoms with Crippen molar-refractivity contribution in [1.29, 1.82) is 0 Å². The number of methoxy groups -OCH3 is 1. The third kappa shape index (κ3) is 2.85. The molecule has 6 heteroatoms. The van der Waals surface area contributed by atoms with Crippen LogP contribution in [0.3, 0.4) is 0 Å². The quantitative estimate of drug-likeness (QED) is 0.901. The molecule has 0 spiro atoms. The van der Waals surface area contributed by atoms with Crippen LogP contribution in [0.5, 0.6) is 5.75 Å². The van der Waals surface area contributed by atoms with Gasteiger partial charge in [-0.3, -0.25) is 4.79 Å². The molecule has 0 radical (unpaired) electrons. The molecule has 1 aromatic carbocycles. The average molecular weight is 275 g/mol. The summed E-state index contributed by atoms with van der Waals surface area (Å²) in [5, 5.41) is 2.64. The number of pyridine rings is 1. The van der Waals surface area contributed by atoms with E-state index in [9.17, 15) is 9.18 Å². The molecule has 0 saturated heterocycles. The second kappa shape index (κ2) is 5.56. The number of nitrogen functional groups attached to an aromatic ring is 1. The molecular formula is C14H14FN3O2. The van der Waals surface area contributed by atoms with Gasteiger partial charge in [0.2, 0.25) is 0 Å². The van der Waals surface area contributed by atoms with Gasteiger partial charge in [0.05, 0.1) is 24.6 Å². The Morgan fingerprint density at radius 2 is 2.15 bits per heavy atom. The normalized spacial score (nSPS) is 10.2. The van der Waals surface area contributed by atoms with Crippen molar-refractivity contribution in [1.82, 2.24) is 4.98 Å². The van der Waals surface area contributed by atoms with E-state index in [1.807, 2.05) is 13.0 Å². The van der Waals surface area contributed by atoms with Crippen LogP contribution in [0.25, 0.3) is 0 Å². The molecule has 0 aliphatic carbocycles. The Morgan fingerprint density at radius 1 is 1.40 bits per heavy atom. The van der Waals surface area contributed by atoms with Crippen molar-refractivity contribution in [3.63, 3.8) is 0 Å². The van der Waals surface area contributed by atoms with Crippen molar-refractivity contribution in [2.75, 3.05) is 18.2 Å². The monoisotopic (exact) mass is 275 g/mol. The number of nitrogens with zero attached hydrogens (tertiary/aromatic N) is 1. The average Bonchev–Trinajstić information content (AvgIpc) is 2.41. The predicted molar refractivity (Wildman–Crippen MR) is 74.3 cm³/mol. The Bertz CT molecular complexity index is 659. The number of nitrogens with two attached hydrogens (primary N) is 1. The fourth-order valence-electron chi connectivity index (χ4n) is 1.74. The lowest BCUT2D eigenvalue weighted by molar-refractivity contribution is 0.102. The molecule has 20 heavy (non-hydrogen) atoms. The zero-order valence-electron chi connectivity index (χ0n) is 11.1. The number of amides is 1. The number of rotatable bonds is 3. The van der Waals surface area contributed by atoms with Crippen molar-refractivity contribution < 1.29 is 13.9 Å². The number of carbonyl (C=O) groups is 1. The van der Waals surface area contributed by atoms with Crippen LogP contribution in [-0.2, 0) is 0 Å². The number of hydrogen-bond acceptors (Lipinski definition) is 4. The Morgan fingerprint density at radius 3 is 2.85 bits per heavy atom. The predicted octanol–water partition coefficient (Wildman–Crippen LogP) is 2.37. The maximum atomic E-state index is 13.1. The molecule has 104 valence electrons. The Labute approximate surface area is 115 Å². The summed E-state index contributed by atoms with van der Waals surface area (Å²) >= 11 is 0. The van der Waals surface area contributed by atoms with E-state index < -0.39 is 11.7 Å². The van der Waals surface area contributed by atoms with Crippen LogP contribution in [0.4, 0.5) is 15.9 Å². The summed E-state index contributed by atoms with van der Waals surface area (Å²) in [5.41, 5.74) is 6.99. The maximum absolute atomic E-state index is 13.1. The van der Waals surface area contributed by atoms with E-state index in [0.717, 1.165) is 17.8 Å². The number of halogens is 1. The minimum absolute atomic E-state index is 0.0199. The number of benzene rings is 1. The van der Waals surface area contributed by atoms with Crippen LogP contribution in [0.1, 0.15) is 15.9 Å². The number of carbonyl (C=O) groups excluding carboxylic acids is 1. The van der Waals surface area contributed by atoms with Gasteiger partial charge in [-0.15, -0.1) is 0 Å². The van der Waals surface area contributed by atoms with E-state index in [4.69, 9.17) is 10.5 Å². The highest BCUT2D eigenvalue weighted by atomic mass is 19.1. The van der Waals surface area contributed by atoms with Gasteiger partial charge >= 0.3 is 0 Å². The van der Waals surface area contributed by atoms with E-state index in [-0.39, 0.29) is 11.4 Å². The summed E-state index contributed by atoms with van der Waals surface area (Å²) in [6.07, 6.45) is 0.958. The molecule has 1 amide bonds. The molecule has 5 nitrogen and oxygen atoms in total. The highest BCUT2D eigenvalue weighted by molar-refractivity contribution is 6.07. The third-order valence-corrected chi connectivity index (χ3v) is 2.73. The van der Waals surface area contributed by atoms with Crippen LogP contribution in [-0.4, -0.2) is 18.0 Å². The molecule has 0 aliphatic heterocycles. The molecule has 1 heterocycles. The Balaban J connectivity index is 2.32. The second-order valence-corrected chi connectivity index (χ2v) is 4.24. The van der Waals surface area contributed by atoms with Crippen molar-refractivity contribution in [2.24, 2.45) is 0 Å². The van der Waals surface area contributed by atoms with E-state index in [2.05, 4.69) is 10.3 Å². The molecular weight excluding hydrogens is 261 g/mol. The third-order valence-electron chi connectivity index (χ3n) is 2.73. The minimum atomic E-state index is -0.624. The molecule has 0 saturated carbocycles. The number of ether oxygens (including phenoxy) is 1. The number of aryl methyl sites for hydroxylation is 1. The molecule has 0 unspecified atom stereocenters. The second-order valence-electron chi connectivity index (χ2n) is 4.24. The Kier molecular flexibility index (Phi) is 3.84. The van der Waals surface area contributed by atoms with Gasteiger partial charge in [0.1, 0.15) is 17.4 Å². The number of nitrogens with one attached hydrogen (secondary N) is 1. The SMILES string of the molecule is COc1ccc(C)cc1NC(=O)c1cc(F)cnc1N. The zero-order valence-corrected chi connectivity index (χ0v) is 11.1. The number of aromatic nitrogens is 1. The first kappa shape index (κ1) is 13.8. The molecule has 3 N–H and O–H groups in total. The van der Waals surface area contributed by atoms with Crippen molar-refractivity contribution in [2.45, 2.75) is 6.92 Å². The van der Waals surface area contributed by atoms with Gasteiger partial charge in [-0.25, -0.2) is 9.37 Å². The highest BCUT2D eigenvalue weighted by Crippen LogP contribution is 2.26. The van der Waals surface area contributed by atoms with Crippen molar-refractivity contribution in [3.05, 3.63) is 47.4 Å². The summed E-state index contributed by atoms with van der Waals surface area (Å²) in [7, 11) is 1.50. The van der Waals surface area contributed by atoms with E-state index in [1.54, 1.807) is 12.1 Å². The van der Waals surface area contributed by atoms with Gasteiger partial charge in [0, 0.05) is 0 Å². The first-order chi connectivity index (χ1) is 9.51. The fraction of sp³-hybridized carbons (Fsp3) is 0.143. The van der Waals surface area contributed by atoms with E-state index >= 15 is 0 Å². The van der Waals surface area contributed by atoms with Crippen LogP contribution in [0.2, 0.25) is 0 Å². The standard InChI is InChI=1S/C14H14FN3O2/c1-8-3-4-12(20-2)11(5-8)18-14(19)10-6-9(15)7-17-13(10)16/h3-7H,1-2H3,(H2,16,17)(H,18,19). The highest BCUT2D eigenvalue weighted by Gasteiger charge is 2.14. The summed E-state index contributed by atoms with van der Waals surface area (Å²) in [5.74, 6) is -0.693. The maximum Gasteiger partial charge on any atom is 0.259 e. The van der Waals surface area contributed by atoms with Crippen molar-refractivity contribution >= 4 is 17.4 Å². The van der Waals surface area contributed by atoms with Gasteiger partial charge in [-0.2, -0.15) is 0 Å². The molecule has 0 aliphatic rings. The molecule has 0 fully saturated rings. The number of anilines is 2. The molecule has 1 aromatic heterocycles. The zero-order chi connectivity index (χ0) is 14.7. The van der Waals surface area contributed by atoms with Gasteiger partial charge in [0.15, 0.2) is 0 Å². The van der Waals surface area contributed by atoms with E-state index in [1.165, 1.54) is 7.11 Å². The fourth-order valence-corrected chi connectivity index (χ4v) is 1.74. The molecule has 2 aromatic rings.